The SMILES string of the molecule is CC(NC(=O)c1c[n+](C)nc2ccccc12)C(=O)OC(C)(C)C.[I-]. The molecule has 7 heteroatoms. The zero-order chi connectivity index (χ0) is 17.2. The smallest absolute Gasteiger partial charge is 0.328 e. The molecule has 1 heterocycles. The van der Waals surface area contributed by atoms with E-state index in [0.717, 1.165) is 5.39 Å². The molecule has 24 heavy (non-hydrogen) atoms. The van der Waals surface area contributed by atoms with Crippen LogP contribution in [0, 0.1) is 0 Å². The molecule has 1 amide bonds. The van der Waals surface area contributed by atoms with Crippen molar-refractivity contribution in [3.05, 3.63) is 36.0 Å². The Morgan fingerprint density at radius 2 is 1.88 bits per heavy atom. The van der Waals surface area contributed by atoms with Gasteiger partial charge in [0.25, 0.3) is 5.91 Å². The number of esters is 1. The summed E-state index contributed by atoms with van der Waals surface area (Å²) < 4.78 is 6.86. The molecule has 2 rings (SSSR count). The van der Waals surface area contributed by atoms with E-state index in [9.17, 15) is 9.59 Å². The molecule has 130 valence electrons. The average Bonchev–Trinajstić information content (AvgIpc) is 2.44. The van der Waals surface area contributed by atoms with Crippen LogP contribution >= 0.6 is 0 Å². The third-order valence-electron chi connectivity index (χ3n) is 3.13. The van der Waals surface area contributed by atoms with Gasteiger partial charge in [-0.1, -0.05) is 22.9 Å². The number of amides is 1. The lowest BCUT2D eigenvalue weighted by Gasteiger charge is -2.22. The van der Waals surface area contributed by atoms with Gasteiger partial charge in [0.05, 0.1) is 0 Å². The number of halogens is 1. The first-order chi connectivity index (χ1) is 10.7. The molecule has 1 atom stereocenters. The second-order valence-electron chi connectivity index (χ2n) is 6.46. The highest BCUT2D eigenvalue weighted by molar-refractivity contribution is 6.06. The number of carbonyl (C=O) groups is 2. The standard InChI is InChI=1S/C17H21N3O3.HI/c1-11(16(22)23-17(2,3)4)18-15(21)13-10-20(5)19-14-9-7-6-8-12(13)14;/h6-11H,1-5H3;1H. The first-order valence-electron chi connectivity index (χ1n) is 7.47. The number of carbonyl (C=O) groups excluding carboxylic acids is 2. The molecular weight excluding hydrogens is 421 g/mol. The van der Waals surface area contributed by atoms with E-state index in [1.165, 1.54) is 0 Å². The van der Waals surface area contributed by atoms with E-state index in [1.54, 1.807) is 45.6 Å². The summed E-state index contributed by atoms with van der Waals surface area (Å²) in [5, 5.41) is 7.75. The predicted molar refractivity (Wildman–Crippen MR) is 85.7 cm³/mol. The highest BCUT2D eigenvalue weighted by Gasteiger charge is 2.25. The fraction of sp³-hybridized carbons (Fsp3) is 0.412. The van der Waals surface area contributed by atoms with Crippen LogP contribution in [-0.2, 0) is 16.6 Å². The first kappa shape index (κ1) is 20.3. The van der Waals surface area contributed by atoms with Crippen molar-refractivity contribution in [3.63, 3.8) is 0 Å². The van der Waals surface area contributed by atoms with Gasteiger partial charge in [-0.3, -0.25) is 4.79 Å². The van der Waals surface area contributed by atoms with Crippen molar-refractivity contribution in [2.24, 2.45) is 7.05 Å². The van der Waals surface area contributed by atoms with Gasteiger partial charge in [-0.05, 0) is 38.9 Å². The molecule has 1 unspecified atom stereocenters. The van der Waals surface area contributed by atoms with Crippen molar-refractivity contribution in [2.75, 3.05) is 0 Å². The van der Waals surface area contributed by atoms with Gasteiger partial charge in [0.15, 0.2) is 7.05 Å². The third kappa shape index (κ3) is 5.12. The summed E-state index contributed by atoms with van der Waals surface area (Å²) in [6.45, 7) is 6.97. The number of fused-ring (bicyclic) bond motifs is 1. The molecule has 6 nitrogen and oxygen atoms in total. The molecule has 0 saturated carbocycles. The van der Waals surface area contributed by atoms with Crippen LogP contribution in [0.4, 0.5) is 0 Å². The second-order valence-corrected chi connectivity index (χ2v) is 6.46. The molecule has 1 aromatic carbocycles. The lowest BCUT2D eigenvalue weighted by molar-refractivity contribution is -0.728. The van der Waals surface area contributed by atoms with Crippen LogP contribution in [0.3, 0.4) is 0 Å². The summed E-state index contributed by atoms with van der Waals surface area (Å²) in [6, 6.07) is 6.64. The maximum absolute atomic E-state index is 12.5. The summed E-state index contributed by atoms with van der Waals surface area (Å²) in [6.07, 6.45) is 1.64. The summed E-state index contributed by atoms with van der Waals surface area (Å²) in [7, 11) is 1.75. The average molecular weight is 443 g/mol. The lowest BCUT2D eigenvalue weighted by Crippen LogP contribution is -3.00. The number of ether oxygens (including phenoxy) is 1. The number of hydrogen-bond donors (Lipinski definition) is 1. The quantitative estimate of drug-likeness (QED) is 0.357. The summed E-state index contributed by atoms with van der Waals surface area (Å²) in [5.74, 6) is -0.800. The highest BCUT2D eigenvalue weighted by Crippen LogP contribution is 2.15. The van der Waals surface area contributed by atoms with E-state index >= 15 is 0 Å². The van der Waals surface area contributed by atoms with Gasteiger partial charge >= 0.3 is 5.97 Å². The molecule has 0 radical (unpaired) electrons. The molecule has 0 aliphatic carbocycles. The van der Waals surface area contributed by atoms with Crippen molar-refractivity contribution in [2.45, 2.75) is 39.3 Å². The molecule has 1 aromatic heterocycles. The maximum Gasteiger partial charge on any atom is 0.328 e. The maximum atomic E-state index is 12.5. The molecule has 0 fully saturated rings. The van der Waals surface area contributed by atoms with Gasteiger partial charge in [0.2, 0.25) is 6.20 Å². The van der Waals surface area contributed by atoms with Crippen LogP contribution in [0.1, 0.15) is 38.1 Å². The Hall–Kier alpha value is -1.77. The Balaban J connectivity index is 0.00000288. The minimum absolute atomic E-state index is 0. The highest BCUT2D eigenvalue weighted by atomic mass is 127. The van der Waals surface area contributed by atoms with Gasteiger partial charge in [-0.2, -0.15) is 0 Å². The van der Waals surface area contributed by atoms with E-state index in [-0.39, 0.29) is 29.9 Å². The fourth-order valence-electron chi connectivity index (χ4n) is 2.15. The second kappa shape index (κ2) is 7.87. The van der Waals surface area contributed by atoms with Crippen molar-refractivity contribution in [1.29, 1.82) is 0 Å². The Bertz CT molecular complexity index is 756. The topological polar surface area (TPSA) is 72.2 Å². The molecule has 0 saturated heterocycles. The number of hydrogen-bond acceptors (Lipinski definition) is 4. The number of aryl methyl sites for hydroxylation is 1. The molecule has 1 N–H and O–H groups in total. The molecule has 2 aromatic rings. The van der Waals surface area contributed by atoms with Crippen molar-refractivity contribution < 1.29 is 43.0 Å². The van der Waals surface area contributed by atoms with Gasteiger partial charge in [-0.15, -0.1) is 0 Å². The number of aromatic nitrogens is 2. The zero-order valence-corrected chi connectivity index (χ0v) is 16.6. The van der Waals surface area contributed by atoms with Gasteiger partial charge in [0, 0.05) is 5.39 Å². The molecule has 0 aliphatic heterocycles. The number of nitrogens with one attached hydrogen (secondary N) is 1. The minimum Gasteiger partial charge on any atom is -1.00 e. The Morgan fingerprint density at radius 1 is 1.25 bits per heavy atom. The van der Waals surface area contributed by atoms with Crippen LogP contribution < -0.4 is 34.0 Å². The van der Waals surface area contributed by atoms with Crippen molar-refractivity contribution >= 4 is 22.8 Å². The Kier molecular flexibility index (Phi) is 6.65. The van der Waals surface area contributed by atoms with Crippen molar-refractivity contribution in [1.82, 2.24) is 10.4 Å². The monoisotopic (exact) mass is 443 g/mol. The molecule has 0 bridgehead atoms. The van der Waals surface area contributed by atoms with Crippen LogP contribution in [0.5, 0.6) is 0 Å². The van der Waals surface area contributed by atoms with E-state index in [2.05, 4.69) is 10.4 Å². The normalized spacial score (nSPS) is 12.2. The van der Waals surface area contributed by atoms with Crippen LogP contribution in [0.15, 0.2) is 30.5 Å². The molecule has 0 spiro atoms. The van der Waals surface area contributed by atoms with Gasteiger partial charge in [-0.25, -0.2) is 4.79 Å². The fourth-order valence-corrected chi connectivity index (χ4v) is 2.15. The molecule has 0 aliphatic rings. The Morgan fingerprint density at radius 3 is 2.50 bits per heavy atom. The first-order valence-corrected chi connectivity index (χ1v) is 7.47. The van der Waals surface area contributed by atoms with E-state index in [0.29, 0.717) is 11.1 Å². The number of nitrogens with zero attached hydrogens (tertiary/aromatic N) is 2. The van der Waals surface area contributed by atoms with Crippen LogP contribution in [-0.4, -0.2) is 28.6 Å². The Labute approximate surface area is 158 Å². The number of rotatable bonds is 3. The predicted octanol–water partition coefficient (Wildman–Crippen LogP) is -1.48. The van der Waals surface area contributed by atoms with Gasteiger partial charge < -0.3 is 34.0 Å². The summed E-state index contributed by atoms with van der Waals surface area (Å²) >= 11 is 0. The largest absolute Gasteiger partial charge is 1.00 e. The van der Waals surface area contributed by atoms with Crippen molar-refractivity contribution in [3.8, 4) is 0 Å². The minimum atomic E-state index is -0.737. The lowest BCUT2D eigenvalue weighted by atomic mass is 10.1. The molecular formula is C17H22IN3O3. The van der Waals surface area contributed by atoms with Gasteiger partial charge in [0.1, 0.15) is 22.7 Å². The third-order valence-corrected chi connectivity index (χ3v) is 3.13. The summed E-state index contributed by atoms with van der Waals surface area (Å²) in [4.78, 5) is 24.5. The van der Waals surface area contributed by atoms with Crippen LogP contribution in [0.25, 0.3) is 10.9 Å². The number of benzene rings is 1. The zero-order valence-electron chi connectivity index (χ0n) is 14.5. The van der Waals surface area contributed by atoms with Crippen LogP contribution in [0.2, 0.25) is 0 Å². The summed E-state index contributed by atoms with van der Waals surface area (Å²) in [5.41, 5.74) is 0.590. The van der Waals surface area contributed by atoms with E-state index < -0.39 is 17.6 Å². The van der Waals surface area contributed by atoms with E-state index in [4.69, 9.17) is 4.74 Å². The van der Waals surface area contributed by atoms with E-state index in [1.807, 2.05) is 24.3 Å².